The van der Waals surface area contributed by atoms with Gasteiger partial charge in [0.05, 0.1) is 6.54 Å². The Morgan fingerprint density at radius 3 is 2.41 bits per heavy atom. The first-order valence-electron chi connectivity index (χ1n) is 9.75. The molecule has 1 atom stereocenters. The molecule has 0 aliphatic heterocycles. The van der Waals surface area contributed by atoms with Crippen molar-refractivity contribution in [2.24, 2.45) is 11.7 Å². The van der Waals surface area contributed by atoms with Gasteiger partial charge in [-0.2, -0.15) is 0 Å². The molecule has 29 heavy (non-hydrogen) atoms. The first-order valence-corrected chi connectivity index (χ1v) is 9.75. The maximum atomic E-state index is 12.4. The summed E-state index contributed by atoms with van der Waals surface area (Å²) in [6.45, 7) is 4.61. The smallest absolute Gasteiger partial charge is 0.236 e. The molecule has 0 aliphatic carbocycles. The van der Waals surface area contributed by atoms with Crippen molar-refractivity contribution in [3.05, 3.63) is 42.5 Å². The van der Waals surface area contributed by atoms with Crippen molar-refractivity contribution in [2.45, 2.75) is 33.2 Å². The molecule has 0 unspecified atom stereocenters. The lowest BCUT2D eigenvalue weighted by Gasteiger charge is -2.12. The summed E-state index contributed by atoms with van der Waals surface area (Å²) in [5, 5.41) is 7.61. The lowest BCUT2D eigenvalue weighted by molar-refractivity contribution is -0.125. The molecule has 3 amide bonds. The lowest BCUT2D eigenvalue weighted by Crippen LogP contribution is -2.34. The number of carbonyl (C=O) groups excluding carboxylic acids is 3. The minimum atomic E-state index is -0.594. The molecule has 0 spiro atoms. The van der Waals surface area contributed by atoms with E-state index in [-0.39, 0.29) is 37.1 Å². The van der Waals surface area contributed by atoms with E-state index in [1.165, 1.54) is 5.52 Å². The number of primary amides is 1. The predicted octanol–water partition coefficient (Wildman–Crippen LogP) is 2.77. The molecular formula is C22H26N4O3. The highest BCUT2D eigenvalue weighted by Gasteiger charge is 2.15. The molecule has 7 heteroatoms. The quantitative estimate of drug-likeness (QED) is 0.547. The first kappa shape index (κ1) is 20.4. The van der Waals surface area contributed by atoms with Crippen molar-refractivity contribution in [2.75, 3.05) is 11.9 Å². The summed E-state index contributed by atoms with van der Waals surface area (Å²) in [5.74, 6) is -1.20. The van der Waals surface area contributed by atoms with Crippen LogP contribution in [0.2, 0.25) is 0 Å². The van der Waals surface area contributed by atoms with E-state index in [9.17, 15) is 14.4 Å². The SMILES string of the molecule is CCn1c2ccccc2c2cc(NC(=O)C[C@@H](C)CC(=O)NCC(N)=O)ccc21. The van der Waals surface area contributed by atoms with Gasteiger partial charge in [-0.05, 0) is 37.1 Å². The van der Waals surface area contributed by atoms with Crippen LogP contribution in [0.1, 0.15) is 26.7 Å². The largest absolute Gasteiger partial charge is 0.368 e. The van der Waals surface area contributed by atoms with Crippen LogP contribution in [0.4, 0.5) is 5.69 Å². The zero-order valence-corrected chi connectivity index (χ0v) is 16.7. The number of rotatable bonds is 8. The summed E-state index contributed by atoms with van der Waals surface area (Å²) in [7, 11) is 0. The molecule has 0 aliphatic rings. The van der Waals surface area contributed by atoms with Crippen LogP contribution in [0.25, 0.3) is 21.8 Å². The second kappa shape index (κ2) is 8.77. The van der Waals surface area contributed by atoms with Crippen LogP contribution in [0.15, 0.2) is 42.5 Å². The standard InChI is InChI=1S/C22H26N4O3/c1-3-26-18-7-5-4-6-16(18)17-12-15(8-9-19(17)26)25-22(29)11-14(2)10-21(28)24-13-20(23)27/h4-9,12,14H,3,10-11,13H2,1-2H3,(H2,23,27)(H,24,28)(H,25,29)/t14-/m0/s1. The van der Waals surface area contributed by atoms with E-state index >= 15 is 0 Å². The summed E-state index contributed by atoms with van der Waals surface area (Å²) in [6, 6.07) is 14.1. The minimum absolute atomic E-state index is 0.154. The van der Waals surface area contributed by atoms with Crippen molar-refractivity contribution in [1.29, 1.82) is 0 Å². The van der Waals surface area contributed by atoms with Gasteiger partial charge in [-0.25, -0.2) is 0 Å². The van der Waals surface area contributed by atoms with Crippen LogP contribution in [-0.2, 0) is 20.9 Å². The summed E-state index contributed by atoms with van der Waals surface area (Å²) in [5.41, 5.74) is 8.03. The van der Waals surface area contributed by atoms with E-state index in [0.717, 1.165) is 28.5 Å². The fourth-order valence-electron chi connectivity index (χ4n) is 3.65. The van der Waals surface area contributed by atoms with E-state index in [1.54, 1.807) is 0 Å². The van der Waals surface area contributed by atoms with Gasteiger partial charge in [0.15, 0.2) is 0 Å². The van der Waals surface area contributed by atoms with Gasteiger partial charge in [-0.1, -0.05) is 25.1 Å². The van der Waals surface area contributed by atoms with Gasteiger partial charge in [0.1, 0.15) is 0 Å². The third kappa shape index (κ3) is 4.74. The number of nitrogens with two attached hydrogens (primary N) is 1. The number of anilines is 1. The van der Waals surface area contributed by atoms with Gasteiger partial charge < -0.3 is 20.9 Å². The van der Waals surface area contributed by atoms with Crippen molar-refractivity contribution in [1.82, 2.24) is 9.88 Å². The number of benzene rings is 2. The molecule has 0 fully saturated rings. The van der Waals surface area contributed by atoms with Crippen LogP contribution in [0.3, 0.4) is 0 Å². The number of hydrogen-bond acceptors (Lipinski definition) is 3. The van der Waals surface area contributed by atoms with Crippen molar-refractivity contribution >= 4 is 45.2 Å². The Hall–Kier alpha value is -3.35. The van der Waals surface area contributed by atoms with E-state index in [0.29, 0.717) is 0 Å². The highest BCUT2D eigenvalue weighted by molar-refractivity contribution is 6.09. The van der Waals surface area contributed by atoms with Crippen molar-refractivity contribution in [3.8, 4) is 0 Å². The average molecular weight is 394 g/mol. The predicted molar refractivity (Wildman–Crippen MR) is 114 cm³/mol. The average Bonchev–Trinajstić information content (AvgIpc) is 2.99. The molecule has 0 bridgehead atoms. The van der Waals surface area contributed by atoms with Gasteiger partial charge in [0, 0.05) is 46.9 Å². The zero-order chi connectivity index (χ0) is 21.0. The fourth-order valence-corrected chi connectivity index (χ4v) is 3.65. The maximum Gasteiger partial charge on any atom is 0.236 e. The van der Waals surface area contributed by atoms with Crippen LogP contribution in [0, 0.1) is 5.92 Å². The number of carbonyl (C=O) groups is 3. The van der Waals surface area contributed by atoms with E-state index in [4.69, 9.17) is 5.73 Å². The van der Waals surface area contributed by atoms with E-state index in [1.807, 2.05) is 37.3 Å². The van der Waals surface area contributed by atoms with Crippen LogP contribution < -0.4 is 16.4 Å². The molecule has 4 N–H and O–H groups in total. The summed E-state index contributed by atoms with van der Waals surface area (Å²) in [4.78, 5) is 34.9. The van der Waals surface area contributed by atoms with E-state index < -0.39 is 5.91 Å². The molecular weight excluding hydrogens is 368 g/mol. The molecule has 7 nitrogen and oxygen atoms in total. The molecule has 3 rings (SSSR count). The topological polar surface area (TPSA) is 106 Å². The lowest BCUT2D eigenvalue weighted by atomic mass is 10.0. The zero-order valence-electron chi connectivity index (χ0n) is 16.7. The second-order valence-corrected chi connectivity index (χ2v) is 7.30. The van der Waals surface area contributed by atoms with E-state index in [2.05, 4.69) is 34.3 Å². The summed E-state index contributed by atoms with van der Waals surface area (Å²) < 4.78 is 2.25. The molecule has 0 saturated carbocycles. The molecule has 0 radical (unpaired) electrons. The van der Waals surface area contributed by atoms with Gasteiger partial charge in [-0.15, -0.1) is 0 Å². The Labute approximate surface area is 169 Å². The number of hydrogen-bond donors (Lipinski definition) is 3. The highest BCUT2D eigenvalue weighted by Crippen LogP contribution is 2.31. The molecule has 1 aromatic heterocycles. The molecule has 2 aromatic carbocycles. The third-order valence-electron chi connectivity index (χ3n) is 4.90. The van der Waals surface area contributed by atoms with Crippen molar-refractivity contribution in [3.63, 3.8) is 0 Å². The Morgan fingerprint density at radius 2 is 1.69 bits per heavy atom. The van der Waals surface area contributed by atoms with Gasteiger partial charge in [0.25, 0.3) is 0 Å². The Kier molecular flexibility index (Phi) is 6.16. The minimum Gasteiger partial charge on any atom is -0.368 e. The number of nitrogens with one attached hydrogen (secondary N) is 2. The monoisotopic (exact) mass is 394 g/mol. The van der Waals surface area contributed by atoms with Crippen LogP contribution in [0.5, 0.6) is 0 Å². The van der Waals surface area contributed by atoms with Crippen molar-refractivity contribution < 1.29 is 14.4 Å². The normalized spacial score (nSPS) is 12.1. The van der Waals surface area contributed by atoms with Crippen LogP contribution in [-0.4, -0.2) is 28.8 Å². The number of amides is 3. The Bertz CT molecular complexity index is 1070. The molecule has 1 heterocycles. The summed E-state index contributed by atoms with van der Waals surface area (Å²) >= 11 is 0. The number of para-hydroxylation sites is 1. The molecule has 3 aromatic rings. The van der Waals surface area contributed by atoms with Crippen LogP contribution >= 0.6 is 0 Å². The van der Waals surface area contributed by atoms with Gasteiger partial charge in [0.2, 0.25) is 17.7 Å². The Morgan fingerprint density at radius 1 is 1.00 bits per heavy atom. The summed E-state index contributed by atoms with van der Waals surface area (Å²) in [6.07, 6.45) is 0.364. The second-order valence-electron chi connectivity index (χ2n) is 7.30. The number of fused-ring (bicyclic) bond motifs is 3. The molecule has 152 valence electrons. The fraction of sp³-hybridized carbons (Fsp3) is 0.318. The number of aryl methyl sites for hydroxylation is 1. The van der Waals surface area contributed by atoms with Gasteiger partial charge >= 0.3 is 0 Å². The third-order valence-corrected chi connectivity index (χ3v) is 4.90. The van der Waals surface area contributed by atoms with Gasteiger partial charge in [-0.3, -0.25) is 14.4 Å². The first-order chi connectivity index (χ1) is 13.9. The Balaban J connectivity index is 1.68. The highest BCUT2D eigenvalue weighted by atomic mass is 16.2. The number of nitrogens with zero attached hydrogens (tertiary/aromatic N) is 1. The number of aromatic nitrogens is 1. The molecule has 0 saturated heterocycles. The maximum absolute atomic E-state index is 12.4.